The molecule has 1 amide bonds. The van der Waals surface area contributed by atoms with Gasteiger partial charge in [-0.25, -0.2) is 4.98 Å². The van der Waals surface area contributed by atoms with Gasteiger partial charge in [0.25, 0.3) is 0 Å². The maximum atomic E-state index is 12.1. The second-order valence-electron chi connectivity index (χ2n) is 4.48. The number of carbonyl (C=O) groups is 1. The van der Waals surface area contributed by atoms with Crippen LogP contribution in [0, 0.1) is 5.92 Å². The van der Waals surface area contributed by atoms with Gasteiger partial charge in [0.1, 0.15) is 0 Å². The van der Waals surface area contributed by atoms with Gasteiger partial charge >= 0.3 is 0 Å². The fraction of sp³-hybridized carbons (Fsp3) is 0.429. The second-order valence-corrected chi connectivity index (χ2v) is 4.48. The number of rotatable bonds is 4. The topological polar surface area (TPSA) is 42.4 Å². The Morgan fingerprint density at radius 2 is 2.39 bits per heavy atom. The van der Waals surface area contributed by atoms with E-state index in [1.54, 1.807) is 31.3 Å². The lowest BCUT2D eigenvalue weighted by molar-refractivity contribution is -0.118. The van der Waals surface area contributed by atoms with Crippen molar-refractivity contribution in [2.24, 2.45) is 5.92 Å². The molecule has 1 heterocycles. The van der Waals surface area contributed by atoms with E-state index in [4.69, 9.17) is 4.74 Å². The van der Waals surface area contributed by atoms with Crippen LogP contribution in [0.5, 0.6) is 5.88 Å². The first-order chi connectivity index (χ1) is 8.70. The minimum Gasteiger partial charge on any atom is -0.481 e. The van der Waals surface area contributed by atoms with Crippen molar-refractivity contribution in [2.45, 2.75) is 19.3 Å². The lowest BCUT2D eigenvalue weighted by Crippen LogP contribution is -2.27. The third-order valence-electron chi connectivity index (χ3n) is 3.24. The van der Waals surface area contributed by atoms with Gasteiger partial charge < -0.3 is 9.64 Å². The van der Waals surface area contributed by atoms with E-state index < -0.39 is 0 Å². The highest BCUT2D eigenvalue weighted by molar-refractivity contribution is 5.92. The van der Waals surface area contributed by atoms with Crippen molar-refractivity contribution in [3.05, 3.63) is 30.5 Å². The van der Waals surface area contributed by atoms with Crippen molar-refractivity contribution in [2.75, 3.05) is 19.1 Å². The summed E-state index contributed by atoms with van der Waals surface area (Å²) in [6.07, 6.45) is 8.68. The molecule has 1 atom stereocenters. The zero-order chi connectivity index (χ0) is 13.0. The average molecular weight is 246 g/mol. The van der Waals surface area contributed by atoms with Crippen LogP contribution >= 0.6 is 0 Å². The summed E-state index contributed by atoms with van der Waals surface area (Å²) in [4.78, 5) is 17.8. The fourth-order valence-electron chi connectivity index (χ4n) is 2.06. The van der Waals surface area contributed by atoms with Crippen molar-refractivity contribution in [3.63, 3.8) is 0 Å². The third kappa shape index (κ3) is 2.88. The van der Waals surface area contributed by atoms with Crippen LogP contribution in [0.1, 0.15) is 19.3 Å². The molecule has 96 valence electrons. The number of nitrogens with zero attached hydrogens (tertiary/aromatic N) is 2. The van der Waals surface area contributed by atoms with Gasteiger partial charge in [-0.15, -0.1) is 0 Å². The van der Waals surface area contributed by atoms with E-state index in [0.29, 0.717) is 18.2 Å². The van der Waals surface area contributed by atoms with E-state index in [2.05, 4.69) is 17.1 Å². The van der Waals surface area contributed by atoms with Gasteiger partial charge in [0, 0.05) is 19.5 Å². The fourth-order valence-corrected chi connectivity index (χ4v) is 2.06. The summed E-state index contributed by atoms with van der Waals surface area (Å²) in [5, 5.41) is 0. The van der Waals surface area contributed by atoms with Crippen LogP contribution in [0.25, 0.3) is 0 Å². The summed E-state index contributed by atoms with van der Waals surface area (Å²) in [5.74, 6) is 1.07. The molecule has 0 fully saturated rings. The molecule has 1 aromatic heterocycles. The minimum absolute atomic E-state index is 0.124. The van der Waals surface area contributed by atoms with Crippen molar-refractivity contribution in [3.8, 4) is 5.88 Å². The highest BCUT2D eigenvalue weighted by Crippen LogP contribution is 2.23. The molecule has 0 radical (unpaired) electrons. The van der Waals surface area contributed by atoms with Crippen LogP contribution in [-0.4, -0.2) is 25.0 Å². The van der Waals surface area contributed by atoms with Gasteiger partial charge in [-0.05, 0) is 24.8 Å². The first-order valence-electron chi connectivity index (χ1n) is 6.14. The molecule has 0 N–H and O–H groups in total. The Kier molecular flexibility index (Phi) is 3.97. The number of amides is 1. The molecule has 0 spiro atoms. The van der Waals surface area contributed by atoms with Crippen molar-refractivity contribution in [1.82, 2.24) is 4.98 Å². The molecule has 0 saturated heterocycles. The Morgan fingerprint density at radius 1 is 1.56 bits per heavy atom. The SMILES string of the molecule is COc1ccc(N(C)C(=O)C[C@@H]2C=CCC2)cn1. The maximum absolute atomic E-state index is 12.1. The normalized spacial score (nSPS) is 17.8. The third-order valence-corrected chi connectivity index (χ3v) is 3.24. The molecule has 0 bridgehead atoms. The highest BCUT2D eigenvalue weighted by atomic mass is 16.5. The van der Waals surface area contributed by atoms with Crippen LogP contribution < -0.4 is 9.64 Å². The molecular weight excluding hydrogens is 228 g/mol. The van der Waals surface area contributed by atoms with Crippen LogP contribution in [0.2, 0.25) is 0 Å². The number of aromatic nitrogens is 1. The minimum atomic E-state index is 0.124. The summed E-state index contributed by atoms with van der Waals surface area (Å²) in [7, 11) is 3.35. The summed E-state index contributed by atoms with van der Waals surface area (Å²) in [5.41, 5.74) is 0.794. The molecule has 2 rings (SSSR count). The van der Waals surface area contributed by atoms with E-state index in [1.807, 2.05) is 6.07 Å². The largest absolute Gasteiger partial charge is 0.481 e. The van der Waals surface area contributed by atoms with Gasteiger partial charge in [0.2, 0.25) is 11.8 Å². The molecular formula is C14H18N2O2. The van der Waals surface area contributed by atoms with Crippen LogP contribution in [-0.2, 0) is 4.79 Å². The number of carbonyl (C=O) groups excluding carboxylic acids is 1. The van der Waals surface area contributed by atoms with E-state index in [9.17, 15) is 4.79 Å². The molecule has 0 aliphatic heterocycles. The Balaban J connectivity index is 1.98. The summed E-state index contributed by atoms with van der Waals surface area (Å²) < 4.78 is 4.99. The van der Waals surface area contributed by atoms with E-state index >= 15 is 0 Å². The van der Waals surface area contributed by atoms with Gasteiger partial charge in [0.05, 0.1) is 19.0 Å². The number of ether oxygens (including phenoxy) is 1. The van der Waals surface area contributed by atoms with Gasteiger partial charge in [0.15, 0.2) is 0 Å². The van der Waals surface area contributed by atoms with Crippen molar-refractivity contribution < 1.29 is 9.53 Å². The van der Waals surface area contributed by atoms with Gasteiger partial charge in [-0.3, -0.25) is 4.79 Å². The zero-order valence-electron chi connectivity index (χ0n) is 10.8. The van der Waals surface area contributed by atoms with Crippen LogP contribution in [0.4, 0.5) is 5.69 Å². The predicted molar refractivity (Wildman–Crippen MR) is 70.7 cm³/mol. The lowest BCUT2D eigenvalue weighted by Gasteiger charge is -2.18. The lowest BCUT2D eigenvalue weighted by atomic mass is 10.0. The molecule has 4 heteroatoms. The summed E-state index contributed by atoms with van der Waals surface area (Å²) in [6, 6.07) is 3.60. The van der Waals surface area contributed by atoms with Gasteiger partial charge in [-0.1, -0.05) is 12.2 Å². The highest BCUT2D eigenvalue weighted by Gasteiger charge is 2.18. The number of hydrogen-bond acceptors (Lipinski definition) is 3. The van der Waals surface area contributed by atoms with Gasteiger partial charge in [-0.2, -0.15) is 0 Å². The first-order valence-corrected chi connectivity index (χ1v) is 6.14. The standard InChI is InChI=1S/C14H18N2O2/c1-16(12-7-8-13(18-2)15-10-12)14(17)9-11-5-3-4-6-11/h3,5,7-8,10-11H,4,6,9H2,1-2H3/t11-/m1/s1. The number of anilines is 1. The molecule has 1 aliphatic carbocycles. The van der Waals surface area contributed by atoms with Crippen LogP contribution in [0.3, 0.4) is 0 Å². The molecule has 18 heavy (non-hydrogen) atoms. The molecule has 1 aliphatic rings. The van der Waals surface area contributed by atoms with E-state index in [-0.39, 0.29) is 5.91 Å². The molecule has 4 nitrogen and oxygen atoms in total. The predicted octanol–water partition coefficient (Wildman–Crippen LogP) is 2.41. The summed E-state index contributed by atoms with van der Waals surface area (Å²) in [6.45, 7) is 0. The van der Waals surface area contributed by atoms with E-state index in [0.717, 1.165) is 18.5 Å². The molecule has 0 saturated carbocycles. The maximum Gasteiger partial charge on any atom is 0.227 e. The summed E-state index contributed by atoms with van der Waals surface area (Å²) >= 11 is 0. The Labute approximate surface area is 107 Å². The second kappa shape index (κ2) is 5.67. The van der Waals surface area contributed by atoms with Crippen molar-refractivity contribution >= 4 is 11.6 Å². The first kappa shape index (κ1) is 12.6. The van der Waals surface area contributed by atoms with E-state index in [1.165, 1.54) is 0 Å². The number of pyridine rings is 1. The quantitative estimate of drug-likeness (QED) is 0.766. The molecule has 0 aromatic carbocycles. The zero-order valence-corrected chi connectivity index (χ0v) is 10.8. The van der Waals surface area contributed by atoms with Crippen LogP contribution in [0.15, 0.2) is 30.5 Å². The number of allylic oxidation sites excluding steroid dienone is 2. The number of methoxy groups -OCH3 is 1. The molecule has 1 aromatic rings. The monoisotopic (exact) mass is 246 g/mol. The van der Waals surface area contributed by atoms with Crippen molar-refractivity contribution in [1.29, 1.82) is 0 Å². The Bertz CT molecular complexity index is 440. The average Bonchev–Trinajstić information content (AvgIpc) is 2.91. The Morgan fingerprint density at radius 3 is 2.94 bits per heavy atom. The number of hydrogen-bond donors (Lipinski definition) is 0. The Hall–Kier alpha value is -1.84. The molecule has 0 unspecified atom stereocenters. The smallest absolute Gasteiger partial charge is 0.227 e.